The van der Waals surface area contributed by atoms with Gasteiger partial charge < -0.3 is 9.64 Å². The molecule has 1 aromatic carbocycles. The highest BCUT2D eigenvalue weighted by molar-refractivity contribution is 8.18. The van der Waals surface area contributed by atoms with E-state index in [1.165, 1.54) is 0 Å². The van der Waals surface area contributed by atoms with Gasteiger partial charge in [-0.3, -0.25) is 19.3 Å². The van der Waals surface area contributed by atoms with Crippen LogP contribution in [-0.4, -0.2) is 53.6 Å². The summed E-state index contributed by atoms with van der Waals surface area (Å²) in [6, 6.07) is 7.22. The topological polar surface area (TPSA) is 66.9 Å². The fourth-order valence-corrected chi connectivity index (χ4v) is 3.20. The number of hydrogen-bond acceptors (Lipinski definition) is 5. The Hall–Kier alpha value is -2.28. The Morgan fingerprint density at radius 3 is 2.54 bits per heavy atom. The van der Waals surface area contributed by atoms with Gasteiger partial charge in [-0.1, -0.05) is 18.2 Å². The standard InChI is InChI=1S/C17H20N2O4S/c1-4-18(5-2)15(20)11-19-16(21)14(24-17(19)22)10-12-8-6-7-9-13(12)23-3/h6-10H,4-5,11H2,1-3H3/b14-10-. The van der Waals surface area contributed by atoms with Gasteiger partial charge in [-0.15, -0.1) is 0 Å². The molecule has 7 heteroatoms. The monoisotopic (exact) mass is 348 g/mol. The number of para-hydroxylation sites is 1. The molecule has 24 heavy (non-hydrogen) atoms. The maximum atomic E-state index is 12.5. The minimum Gasteiger partial charge on any atom is -0.496 e. The predicted molar refractivity (Wildman–Crippen MR) is 93.6 cm³/mol. The number of amides is 3. The van der Waals surface area contributed by atoms with Gasteiger partial charge in [-0.2, -0.15) is 0 Å². The summed E-state index contributed by atoms with van der Waals surface area (Å²) in [5, 5.41) is -0.429. The van der Waals surface area contributed by atoms with Crippen molar-refractivity contribution in [1.82, 2.24) is 9.80 Å². The number of nitrogens with zero attached hydrogens (tertiary/aromatic N) is 2. The summed E-state index contributed by atoms with van der Waals surface area (Å²) in [5.74, 6) is -0.0687. The number of thioether (sulfide) groups is 1. The van der Waals surface area contributed by atoms with Crippen LogP contribution in [0.15, 0.2) is 29.2 Å². The first-order valence-corrected chi connectivity index (χ1v) is 8.49. The zero-order chi connectivity index (χ0) is 17.7. The number of imide groups is 1. The molecular formula is C17H20N2O4S. The Morgan fingerprint density at radius 1 is 1.25 bits per heavy atom. The molecule has 128 valence electrons. The Morgan fingerprint density at radius 2 is 1.92 bits per heavy atom. The van der Waals surface area contributed by atoms with Crippen LogP contribution in [0, 0.1) is 0 Å². The molecule has 0 unspecified atom stereocenters. The molecule has 0 bridgehead atoms. The number of hydrogen-bond donors (Lipinski definition) is 0. The summed E-state index contributed by atoms with van der Waals surface area (Å²) in [6.07, 6.45) is 1.62. The molecule has 1 saturated heterocycles. The lowest BCUT2D eigenvalue weighted by Gasteiger charge is -2.21. The average molecular weight is 348 g/mol. The third kappa shape index (κ3) is 3.79. The van der Waals surface area contributed by atoms with Crippen LogP contribution >= 0.6 is 11.8 Å². The van der Waals surface area contributed by atoms with Crippen LogP contribution in [0.2, 0.25) is 0 Å². The lowest BCUT2D eigenvalue weighted by Crippen LogP contribution is -2.41. The molecule has 1 aromatic rings. The van der Waals surface area contributed by atoms with E-state index in [4.69, 9.17) is 4.74 Å². The predicted octanol–water partition coefficient (Wildman–Crippen LogP) is 2.60. The summed E-state index contributed by atoms with van der Waals surface area (Å²) in [5.41, 5.74) is 0.709. The molecule has 3 amide bonds. The molecule has 0 atom stereocenters. The van der Waals surface area contributed by atoms with E-state index in [1.807, 2.05) is 26.0 Å². The normalized spacial score (nSPS) is 16.0. The van der Waals surface area contributed by atoms with Gasteiger partial charge in [0.15, 0.2) is 0 Å². The first kappa shape index (κ1) is 18.1. The van der Waals surface area contributed by atoms with Crippen molar-refractivity contribution >= 4 is 34.9 Å². The van der Waals surface area contributed by atoms with Crippen molar-refractivity contribution in [2.45, 2.75) is 13.8 Å². The number of carbonyl (C=O) groups is 3. The number of rotatable bonds is 6. The van der Waals surface area contributed by atoms with Crippen LogP contribution in [0.1, 0.15) is 19.4 Å². The summed E-state index contributed by atoms with van der Waals surface area (Å²) in [4.78, 5) is 39.6. The summed E-state index contributed by atoms with van der Waals surface area (Å²) >= 11 is 0.837. The number of ether oxygens (including phenoxy) is 1. The second-order valence-electron chi connectivity index (χ2n) is 5.08. The number of carbonyl (C=O) groups excluding carboxylic acids is 3. The number of benzene rings is 1. The average Bonchev–Trinajstić information content (AvgIpc) is 2.84. The molecule has 0 spiro atoms. The van der Waals surface area contributed by atoms with Crippen molar-refractivity contribution in [3.05, 3.63) is 34.7 Å². The van der Waals surface area contributed by atoms with E-state index in [9.17, 15) is 14.4 Å². The van der Waals surface area contributed by atoms with E-state index in [0.717, 1.165) is 16.7 Å². The highest BCUT2D eigenvalue weighted by atomic mass is 32.2. The van der Waals surface area contributed by atoms with Gasteiger partial charge in [-0.25, -0.2) is 0 Å². The Balaban J connectivity index is 2.19. The van der Waals surface area contributed by atoms with Crippen molar-refractivity contribution in [3.8, 4) is 5.75 Å². The molecule has 1 fully saturated rings. The number of likely N-dealkylation sites (N-methyl/N-ethyl adjacent to an activating group) is 1. The molecule has 0 radical (unpaired) electrons. The van der Waals surface area contributed by atoms with Gasteiger partial charge in [0.1, 0.15) is 12.3 Å². The number of methoxy groups -OCH3 is 1. The molecule has 1 aliphatic heterocycles. The molecular weight excluding hydrogens is 328 g/mol. The molecule has 1 heterocycles. The van der Waals surface area contributed by atoms with E-state index in [1.54, 1.807) is 30.2 Å². The molecule has 6 nitrogen and oxygen atoms in total. The van der Waals surface area contributed by atoms with Crippen molar-refractivity contribution in [2.24, 2.45) is 0 Å². The van der Waals surface area contributed by atoms with Crippen LogP contribution < -0.4 is 4.74 Å². The lowest BCUT2D eigenvalue weighted by atomic mass is 10.2. The molecule has 0 aliphatic carbocycles. The fourth-order valence-electron chi connectivity index (χ4n) is 2.37. The van der Waals surface area contributed by atoms with E-state index in [2.05, 4.69) is 0 Å². The lowest BCUT2D eigenvalue weighted by molar-refractivity contribution is -0.135. The maximum Gasteiger partial charge on any atom is 0.294 e. The summed E-state index contributed by atoms with van der Waals surface area (Å²) in [6.45, 7) is 4.58. The zero-order valence-corrected chi connectivity index (χ0v) is 14.8. The van der Waals surface area contributed by atoms with Gasteiger partial charge in [0.25, 0.3) is 11.1 Å². The Labute approximate surface area is 145 Å². The highest BCUT2D eigenvalue weighted by Crippen LogP contribution is 2.33. The van der Waals surface area contributed by atoms with E-state index >= 15 is 0 Å². The molecule has 0 aromatic heterocycles. The summed E-state index contributed by atoms with van der Waals surface area (Å²) in [7, 11) is 1.54. The fraction of sp³-hybridized carbons (Fsp3) is 0.353. The van der Waals surface area contributed by atoms with E-state index in [-0.39, 0.29) is 17.4 Å². The van der Waals surface area contributed by atoms with Gasteiger partial charge >= 0.3 is 0 Å². The van der Waals surface area contributed by atoms with Crippen LogP contribution in [0.3, 0.4) is 0 Å². The van der Waals surface area contributed by atoms with Crippen molar-refractivity contribution in [1.29, 1.82) is 0 Å². The third-order valence-corrected chi connectivity index (χ3v) is 4.62. The minimum atomic E-state index is -0.448. The van der Waals surface area contributed by atoms with E-state index < -0.39 is 11.1 Å². The molecule has 0 N–H and O–H groups in total. The Bertz CT molecular complexity index is 683. The van der Waals surface area contributed by atoms with Gasteiger partial charge in [0.2, 0.25) is 5.91 Å². The minimum absolute atomic E-state index is 0.227. The summed E-state index contributed by atoms with van der Waals surface area (Å²) < 4.78 is 5.25. The van der Waals surface area contributed by atoms with Crippen LogP contribution in [0.5, 0.6) is 5.75 Å². The van der Waals surface area contributed by atoms with Crippen LogP contribution in [-0.2, 0) is 9.59 Å². The largest absolute Gasteiger partial charge is 0.496 e. The second kappa shape index (κ2) is 8.01. The van der Waals surface area contributed by atoms with Gasteiger partial charge in [-0.05, 0) is 37.8 Å². The molecule has 0 saturated carbocycles. The quantitative estimate of drug-likeness (QED) is 0.739. The van der Waals surface area contributed by atoms with E-state index in [0.29, 0.717) is 24.4 Å². The SMILES string of the molecule is CCN(CC)C(=O)CN1C(=O)S/C(=C\c2ccccc2OC)C1=O. The zero-order valence-electron chi connectivity index (χ0n) is 13.9. The second-order valence-corrected chi connectivity index (χ2v) is 6.07. The molecule has 2 rings (SSSR count). The van der Waals surface area contributed by atoms with Crippen molar-refractivity contribution in [3.63, 3.8) is 0 Å². The van der Waals surface area contributed by atoms with Gasteiger partial charge in [0, 0.05) is 18.7 Å². The van der Waals surface area contributed by atoms with Crippen LogP contribution in [0.4, 0.5) is 4.79 Å². The van der Waals surface area contributed by atoms with Crippen molar-refractivity contribution < 1.29 is 19.1 Å². The molecule has 1 aliphatic rings. The van der Waals surface area contributed by atoms with Crippen LogP contribution in [0.25, 0.3) is 6.08 Å². The first-order valence-electron chi connectivity index (χ1n) is 7.67. The first-order chi connectivity index (χ1) is 11.5. The van der Waals surface area contributed by atoms with Gasteiger partial charge in [0.05, 0.1) is 12.0 Å². The smallest absolute Gasteiger partial charge is 0.294 e. The third-order valence-electron chi connectivity index (χ3n) is 3.71. The van der Waals surface area contributed by atoms with Crippen molar-refractivity contribution in [2.75, 3.05) is 26.7 Å². The Kier molecular flexibility index (Phi) is 6.03. The highest BCUT2D eigenvalue weighted by Gasteiger charge is 2.37. The maximum absolute atomic E-state index is 12.5.